The minimum absolute atomic E-state index is 0.131. The lowest BCUT2D eigenvalue weighted by molar-refractivity contribution is 0.242. The van der Waals surface area contributed by atoms with Crippen LogP contribution in [0.15, 0.2) is 108 Å². The number of rotatable bonds is 9. The first-order valence-corrected chi connectivity index (χ1v) is 12.2. The lowest BCUT2D eigenvalue weighted by Gasteiger charge is -2.23. The van der Waals surface area contributed by atoms with E-state index in [4.69, 9.17) is 21.3 Å². The van der Waals surface area contributed by atoms with Crippen molar-refractivity contribution in [2.75, 3.05) is 12.4 Å². The molecule has 4 nitrogen and oxygen atoms in total. The minimum Gasteiger partial charge on any atom is -0.491 e. The van der Waals surface area contributed by atoms with E-state index in [0.717, 1.165) is 45.7 Å². The molecule has 3 aromatic rings. The van der Waals surface area contributed by atoms with Crippen molar-refractivity contribution in [3.63, 3.8) is 0 Å². The Morgan fingerprint density at radius 2 is 1.66 bits per heavy atom. The summed E-state index contributed by atoms with van der Waals surface area (Å²) in [5.41, 5.74) is 5.28. The van der Waals surface area contributed by atoms with Gasteiger partial charge >= 0.3 is 0 Å². The van der Waals surface area contributed by atoms with E-state index in [2.05, 4.69) is 28.9 Å². The summed E-state index contributed by atoms with van der Waals surface area (Å²) in [4.78, 5) is 7.10. The number of guanidine groups is 1. The molecule has 5 heteroatoms. The molecule has 0 aliphatic heterocycles. The van der Waals surface area contributed by atoms with Gasteiger partial charge < -0.3 is 15.0 Å². The molecule has 3 aromatic carbocycles. The molecule has 35 heavy (non-hydrogen) atoms. The lowest BCUT2D eigenvalue weighted by Crippen LogP contribution is -2.32. The van der Waals surface area contributed by atoms with Crippen LogP contribution in [0.2, 0.25) is 5.02 Å². The van der Waals surface area contributed by atoms with Crippen molar-refractivity contribution >= 4 is 23.2 Å². The molecule has 0 fully saturated rings. The molecule has 3 rings (SSSR count). The highest BCUT2D eigenvalue weighted by Gasteiger charge is 2.11. The molecule has 0 aromatic heterocycles. The number of hydrogen-bond acceptors (Lipinski definition) is 2. The highest BCUT2D eigenvalue weighted by Crippen LogP contribution is 2.20. The Labute approximate surface area is 214 Å². The van der Waals surface area contributed by atoms with Gasteiger partial charge in [0.2, 0.25) is 5.96 Å². The zero-order chi connectivity index (χ0) is 25.2. The maximum Gasteiger partial charge on any atom is 0.203 e. The minimum atomic E-state index is 0.131. The number of hydrogen-bond donors (Lipinski definition) is 1. The van der Waals surface area contributed by atoms with Crippen LogP contribution in [0, 0.1) is 0 Å². The number of benzene rings is 3. The van der Waals surface area contributed by atoms with Gasteiger partial charge in [-0.25, -0.2) is 4.99 Å². The first-order chi connectivity index (χ1) is 16.8. The van der Waals surface area contributed by atoms with E-state index < -0.39 is 0 Å². The van der Waals surface area contributed by atoms with Crippen molar-refractivity contribution in [3.8, 4) is 5.75 Å². The molecule has 182 valence electrons. The van der Waals surface area contributed by atoms with E-state index in [0.29, 0.717) is 6.54 Å². The molecule has 0 saturated carbocycles. The van der Waals surface area contributed by atoms with Gasteiger partial charge in [-0.2, -0.15) is 0 Å². The van der Waals surface area contributed by atoms with Crippen LogP contribution in [0.25, 0.3) is 0 Å². The standard InChI is InChI=1S/C30H34ClN3O/c1-6-26(20-24-10-8-7-9-11-24)23(4)32-30(34(5)21-25-12-14-27(31)15-13-25)33-28-16-18-29(19-17-28)35-22(2)3/h6-19,22H,1,20-21H2,2-5H3,(H,32,33)/b26-23+. The second-order valence-corrected chi connectivity index (χ2v) is 9.15. The molecule has 0 unspecified atom stereocenters. The smallest absolute Gasteiger partial charge is 0.203 e. The number of nitrogens with one attached hydrogen (secondary N) is 1. The van der Waals surface area contributed by atoms with Crippen LogP contribution in [0.5, 0.6) is 5.75 Å². The summed E-state index contributed by atoms with van der Waals surface area (Å²) >= 11 is 6.07. The predicted molar refractivity (Wildman–Crippen MR) is 149 cm³/mol. The van der Waals surface area contributed by atoms with Gasteiger partial charge in [-0.3, -0.25) is 0 Å². The van der Waals surface area contributed by atoms with Crippen LogP contribution in [0.3, 0.4) is 0 Å². The largest absolute Gasteiger partial charge is 0.491 e. The van der Waals surface area contributed by atoms with E-state index in [-0.39, 0.29) is 6.10 Å². The third-order valence-corrected chi connectivity index (χ3v) is 5.65. The molecule has 0 aliphatic carbocycles. The van der Waals surface area contributed by atoms with Crippen LogP contribution >= 0.6 is 11.6 Å². The molecular formula is C30H34ClN3O. The van der Waals surface area contributed by atoms with Crippen molar-refractivity contribution < 1.29 is 4.74 Å². The Kier molecular flexibility index (Phi) is 9.56. The molecule has 0 spiro atoms. The summed E-state index contributed by atoms with van der Waals surface area (Å²) in [7, 11) is 2.02. The Balaban J connectivity index is 1.89. The Morgan fingerprint density at radius 3 is 2.26 bits per heavy atom. The molecule has 0 saturated heterocycles. The fourth-order valence-electron chi connectivity index (χ4n) is 3.56. The van der Waals surface area contributed by atoms with E-state index in [9.17, 15) is 0 Å². The van der Waals surface area contributed by atoms with Gasteiger partial charge in [0.1, 0.15) is 5.75 Å². The maximum atomic E-state index is 6.07. The van der Waals surface area contributed by atoms with Crippen molar-refractivity contribution in [3.05, 3.63) is 119 Å². The van der Waals surface area contributed by atoms with E-state index in [1.165, 1.54) is 5.56 Å². The summed E-state index contributed by atoms with van der Waals surface area (Å²) in [6.45, 7) is 10.8. The topological polar surface area (TPSA) is 36.9 Å². The summed E-state index contributed by atoms with van der Waals surface area (Å²) < 4.78 is 5.78. The zero-order valence-corrected chi connectivity index (χ0v) is 21.7. The Bertz CT molecular complexity index is 1150. The van der Waals surface area contributed by atoms with Crippen LogP contribution in [-0.2, 0) is 13.0 Å². The molecule has 0 radical (unpaired) electrons. The van der Waals surface area contributed by atoms with Crippen LogP contribution < -0.4 is 10.1 Å². The van der Waals surface area contributed by atoms with Gasteiger partial charge in [0, 0.05) is 30.0 Å². The first-order valence-electron chi connectivity index (χ1n) is 11.8. The zero-order valence-electron chi connectivity index (χ0n) is 21.0. The van der Waals surface area contributed by atoms with Gasteiger partial charge in [-0.1, -0.05) is 66.7 Å². The fourth-order valence-corrected chi connectivity index (χ4v) is 3.69. The number of anilines is 1. The van der Waals surface area contributed by atoms with Crippen LogP contribution in [-0.4, -0.2) is 24.0 Å². The Hall–Kier alpha value is -3.50. The number of aliphatic imine (C=N–C) groups is 1. The van der Waals surface area contributed by atoms with Crippen molar-refractivity contribution in [2.45, 2.75) is 39.8 Å². The van der Waals surface area contributed by atoms with Gasteiger partial charge in [0.15, 0.2) is 0 Å². The number of allylic oxidation sites excluding steroid dienone is 3. The number of nitrogens with zero attached hydrogens (tertiary/aromatic N) is 2. The average Bonchev–Trinajstić information content (AvgIpc) is 2.85. The van der Waals surface area contributed by atoms with Crippen LogP contribution in [0.4, 0.5) is 5.69 Å². The summed E-state index contributed by atoms with van der Waals surface area (Å²) in [5.74, 6) is 1.58. The normalized spacial score (nSPS) is 12.2. The molecule has 0 bridgehead atoms. The predicted octanol–water partition coefficient (Wildman–Crippen LogP) is 7.73. The van der Waals surface area contributed by atoms with Crippen molar-refractivity contribution in [1.29, 1.82) is 0 Å². The molecule has 0 atom stereocenters. The third-order valence-electron chi connectivity index (χ3n) is 5.40. The van der Waals surface area contributed by atoms with E-state index in [1.807, 2.05) is 101 Å². The number of ether oxygens (including phenoxy) is 1. The van der Waals surface area contributed by atoms with Gasteiger partial charge in [-0.05, 0) is 80.3 Å². The molecular weight excluding hydrogens is 454 g/mol. The first kappa shape index (κ1) is 26.1. The van der Waals surface area contributed by atoms with Crippen molar-refractivity contribution in [2.24, 2.45) is 4.99 Å². The average molecular weight is 488 g/mol. The summed E-state index contributed by atoms with van der Waals surface area (Å²) in [5, 5.41) is 4.22. The van der Waals surface area contributed by atoms with E-state index in [1.54, 1.807) is 0 Å². The van der Waals surface area contributed by atoms with Crippen LogP contribution in [0.1, 0.15) is 31.9 Å². The van der Waals surface area contributed by atoms with Gasteiger partial charge in [0.05, 0.1) is 6.10 Å². The Morgan fingerprint density at radius 1 is 1.00 bits per heavy atom. The van der Waals surface area contributed by atoms with Crippen molar-refractivity contribution in [1.82, 2.24) is 4.90 Å². The molecule has 0 aliphatic rings. The quantitative estimate of drug-likeness (QED) is 0.190. The molecule has 1 N–H and O–H groups in total. The summed E-state index contributed by atoms with van der Waals surface area (Å²) in [6, 6.07) is 26.2. The SMILES string of the molecule is C=C/C(Cc1ccccc1)=C(C)\N=C(\Nc1ccc(OC(C)C)cc1)N(C)Cc1ccc(Cl)cc1. The fraction of sp³-hybridized carbons (Fsp3) is 0.233. The maximum absolute atomic E-state index is 6.07. The number of halogens is 1. The highest BCUT2D eigenvalue weighted by molar-refractivity contribution is 6.30. The second-order valence-electron chi connectivity index (χ2n) is 8.71. The highest BCUT2D eigenvalue weighted by atomic mass is 35.5. The molecule has 0 amide bonds. The lowest BCUT2D eigenvalue weighted by atomic mass is 10.0. The van der Waals surface area contributed by atoms with E-state index >= 15 is 0 Å². The second kappa shape index (κ2) is 12.8. The molecule has 0 heterocycles. The van der Waals surface area contributed by atoms with Gasteiger partial charge in [-0.15, -0.1) is 0 Å². The van der Waals surface area contributed by atoms with Gasteiger partial charge in [0.25, 0.3) is 0 Å². The monoisotopic (exact) mass is 487 g/mol. The third kappa shape index (κ3) is 8.34. The summed E-state index contributed by atoms with van der Waals surface area (Å²) in [6.07, 6.45) is 2.79.